The Hall–Kier alpha value is -1.15. The van der Waals surface area contributed by atoms with Crippen LogP contribution in [-0.2, 0) is 0 Å². The van der Waals surface area contributed by atoms with Crippen LogP contribution < -0.4 is 5.73 Å². The van der Waals surface area contributed by atoms with Crippen molar-refractivity contribution < 1.29 is 4.79 Å². The predicted octanol–water partition coefficient (Wildman–Crippen LogP) is 3.90. The summed E-state index contributed by atoms with van der Waals surface area (Å²) in [4.78, 5) is 12.4. The van der Waals surface area contributed by atoms with E-state index in [-0.39, 0.29) is 5.92 Å². The summed E-state index contributed by atoms with van der Waals surface area (Å²) < 4.78 is 0. The summed E-state index contributed by atoms with van der Waals surface area (Å²) in [5.41, 5.74) is 8.08. The fraction of sp³-hybridized carbons (Fsp3) is 0.588. The Morgan fingerprint density at radius 1 is 1.21 bits per heavy atom. The Morgan fingerprint density at radius 3 is 2.32 bits per heavy atom. The number of hydrogen-bond acceptors (Lipinski definition) is 2. The molecule has 0 heterocycles. The maximum absolute atomic E-state index is 12.4. The zero-order valence-electron chi connectivity index (χ0n) is 12.1. The molecule has 0 bridgehead atoms. The Labute approximate surface area is 116 Å². The van der Waals surface area contributed by atoms with Crippen LogP contribution in [0.2, 0.25) is 0 Å². The highest BCUT2D eigenvalue weighted by Crippen LogP contribution is 2.27. The third-order valence-electron chi connectivity index (χ3n) is 4.52. The van der Waals surface area contributed by atoms with E-state index in [4.69, 9.17) is 5.73 Å². The Kier molecular flexibility index (Phi) is 4.76. The molecule has 2 heteroatoms. The summed E-state index contributed by atoms with van der Waals surface area (Å²) in [7, 11) is 0. The second kappa shape index (κ2) is 6.33. The van der Waals surface area contributed by atoms with Crippen LogP contribution in [0.15, 0.2) is 24.3 Å². The van der Waals surface area contributed by atoms with Gasteiger partial charge in [-0.1, -0.05) is 38.1 Å². The maximum Gasteiger partial charge on any atom is 0.165 e. The quantitative estimate of drug-likeness (QED) is 0.833. The van der Waals surface area contributed by atoms with Gasteiger partial charge in [0.2, 0.25) is 0 Å². The first-order valence-electron chi connectivity index (χ1n) is 7.51. The smallest absolute Gasteiger partial charge is 0.165 e. The number of Topliss-reactive ketones (excluding diaryl/α,β-unsaturated/α-hetero) is 1. The number of nitrogens with two attached hydrogens (primary N) is 1. The molecule has 2 nitrogen and oxygen atoms in total. The standard InChI is InChI=1S/C17H25NO/c1-3-12(2)13-4-6-14(7-5-13)17(19)15-8-10-16(18)11-9-15/h4-7,12,15-16H,3,8-11,18H2,1-2H3. The van der Waals surface area contributed by atoms with Gasteiger partial charge in [-0.2, -0.15) is 0 Å². The fourth-order valence-corrected chi connectivity index (χ4v) is 2.83. The van der Waals surface area contributed by atoms with Gasteiger partial charge in [-0.05, 0) is 43.6 Å². The first-order valence-corrected chi connectivity index (χ1v) is 7.51. The van der Waals surface area contributed by atoms with E-state index >= 15 is 0 Å². The van der Waals surface area contributed by atoms with E-state index in [1.807, 2.05) is 12.1 Å². The minimum atomic E-state index is 0.189. The molecule has 0 amide bonds. The monoisotopic (exact) mass is 259 g/mol. The predicted molar refractivity (Wildman–Crippen MR) is 79.4 cm³/mol. The summed E-state index contributed by atoms with van der Waals surface area (Å²) in [5, 5.41) is 0. The zero-order valence-corrected chi connectivity index (χ0v) is 12.1. The average Bonchev–Trinajstić information content (AvgIpc) is 2.46. The topological polar surface area (TPSA) is 43.1 Å². The molecule has 1 aromatic rings. The lowest BCUT2D eigenvalue weighted by atomic mass is 9.81. The van der Waals surface area contributed by atoms with Crippen molar-refractivity contribution in [2.45, 2.75) is 57.9 Å². The normalized spacial score (nSPS) is 25.0. The van der Waals surface area contributed by atoms with Gasteiger partial charge in [0.1, 0.15) is 0 Å². The van der Waals surface area contributed by atoms with Crippen LogP contribution in [0.1, 0.15) is 67.8 Å². The lowest BCUT2D eigenvalue weighted by Gasteiger charge is -2.25. The molecule has 0 aliphatic heterocycles. The van der Waals surface area contributed by atoms with Crippen LogP contribution in [0.25, 0.3) is 0 Å². The van der Waals surface area contributed by atoms with Crippen molar-refractivity contribution in [2.24, 2.45) is 11.7 Å². The van der Waals surface area contributed by atoms with E-state index in [2.05, 4.69) is 26.0 Å². The molecular formula is C17H25NO. The SMILES string of the molecule is CCC(C)c1ccc(C(=O)C2CCC(N)CC2)cc1. The molecule has 104 valence electrons. The molecule has 1 aliphatic carbocycles. The minimum absolute atomic E-state index is 0.189. The Morgan fingerprint density at radius 2 is 1.79 bits per heavy atom. The molecule has 0 aromatic heterocycles. The van der Waals surface area contributed by atoms with Gasteiger partial charge >= 0.3 is 0 Å². The van der Waals surface area contributed by atoms with E-state index < -0.39 is 0 Å². The van der Waals surface area contributed by atoms with Crippen molar-refractivity contribution in [3.05, 3.63) is 35.4 Å². The van der Waals surface area contributed by atoms with Crippen LogP contribution in [0.3, 0.4) is 0 Å². The highest BCUT2D eigenvalue weighted by atomic mass is 16.1. The van der Waals surface area contributed by atoms with Gasteiger partial charge in [0, 0.05) is 17.5 Å². The van der Waals surface area contributed by atoms with Crippen LogP contribution in [0.5, 0.6) is 0 Å². The van der Waals surface area contributed by atoms with Crippen LogP contribution in [0, 0.1) is 5.92 Å². The van der Waals surface area contributed by atoms with Gasteiger partial charge in [0.05, 0.1) is 0 Å². The number of hydrogen-bond donors (Lipinski definition) is 1. The molecule has 0 spiro atoms. The molecule has 1 saturated carbocycles. The van der Waals surface area contributed by atoms with Gasteiger partial charge < -0.3 is 5.73 Å². The van der Waals surface area contributed by atoms with Crippen LogP contribution >= 0.6 is 0 Å². The summed E-state index contributed by atoms with van der Waals surface area (Å²) in [6.07, 6.45) is 5.01. The summed E-state index contributed by atoms with van der Waals surface area (Å²) in [5.74, 6) is 1.06. The number of benzene rings is 1. The molecule has 2 rings (SSSR count). The minimum Gasteiger partial charge on any atom is -0.328 e. The van der Waals surface area contributed by atoms with E-state index in [1.165, 1.54) is 5.56 Å². The third-order valence-corrected chi connectivity index (χ3v) is 4.52. The van der Waals surface area contributed by atoms with E-state index in [0.717, 1.165) is 37.7 Å². The van der Waals surface area contributed by atoms with Gasteiger partial charge in [0.15, 0.2) is 5.78 Å². The highest BCUT2D eigenvalue weighted by molar-refractivity contribution is 5.97. The Balaban J connectivity index is 2.03. The molecule has 1 aromatic carbocycles. The molecule has 1 aliphatic rings. The summed E-state index contributed by atoms with van der Waals surface area (Å²) in [6, 6.07) is 8.51. The van der Waals surface area contributed by atoms with Crippen molar-refractivity contribution in [3.8, 4) is 0 Å². The van der Waals surface area contributed by atoms with Gasteiger partial charge in [-0.25, -0.2) is 0 Å². The number of rotatable bonds is 4. The maximum atomic E-state index is 12.4. The van der Waals surface area contributed by atoms with E-state index in [1.54, 1.807) is 0 Å². The summed E-state index contributed by atoms with van der Waals surface area (Å²) in [6.45, 7) is 4.41. The van der Waals surface area contributed by atoms with Crippen LogP contribution in [-0.4, -0.2) is 11.8 Å². The molecule has 0 saturated heterocycles. The first-order chi connectivity index (χ1) is 9.11. The highest BCUT2D eigenvalue weighted by Gasteiger charge is 2.25. The average molecular weight is 259 g/mol. The van der Waals surface area contributed by atoms with Crippen molar-refractivity contribution >= 4 is 5.78 Å². The third kappa shape index (κ3) is 3.44. The number of carbonyl (C=O) groups excluding carboxylic acids is 1. The van der Waals surface area contributed by atoms with Gasteiger partial charge in [0.25, 0.3) is 0 Å². The molecule has 1 fully saturated rings. The summed E-state index contributed by atoms with van der Waals surface area (Å²) >= 11 is 0. The largest absolute Gasteiger partial charge is 0.328 e. The number of ketones is 1. The fourth-order valence-electron chi connectivity index (χ4n) is 2.83. The molecule has 0 radical (unpaired) electrons. The molecule has 2 N–H and O–H groups in total. The van der Waals surface area contributed by atoms with Gasteiger partial charge in [-0.3, -0.25) is 4.79 Å². The van der Waals surface area contributed by atoms with Crippen molar-refractivity contribution in [3.63, 3.8) is 0 Å². The second-order valence-electron chi connectivity index (χ2n) is 5.91. The van der Waals surface area contributed by atoms with Crippen molar-refractivity contribution in [2.75, 3.05) is 0 Å². The number of carbonyl (C=O) groups is 1. The molecule has 19 heavy (non-hydrogen) atoms. The molecule has 1 atom stereocenters. The van der Waals surface area contributed by atoms with E-state index in [0.29, 0.717) is 17.7 Å². The lowest BCUT2D eigenvalue weighted by Crippen LogP contribution is -2.29. The molecular weight excluding hydrogens is 234 g/mol. The van der Waals surface area contributed by atoms with Crippen molar-refractivity contribution in [1.82, 2.24) is 0 Å². The molecule has 1 unspecified atom stereocenters. The lowest BCUT2D eigenvalue weighted by molar-refractivity contribution is 0.0884. The van der Waals surface area contributed by atoms with Crippen LogP contribution in [0.4, 0.5) is 0 Å². The zero-order chi connectivity index (χ0) is 13.8. The second-order valence-corrected chi connectivity index (χ2v) is 5.91. The van der Waals surface area contributed by atoms with E-state index in [9.17, 15) is 4.79 Å². The Bertz CT molecular complexity index is 415. The first kappa shape index (κ1) is 14.3. The van der Waals surface area contributed by atoms with Gasteiger partial charge in [-0.15, -0.1) is 0 Å². The van der Waals surface area contributed by atoms with Crippen molar-refractivity contribution in [1.29, 1.82) is 0 Å².